The summed E-state index contributed by atoms with van der Waals surface area (Å²) < 4.78 is 0. The molecule has 0 fully saturated rings. The van der Waals surface area contributed by atoms with Crippen LogP contribution in [0.25, 0.3) is 12.2 Å². The van der Waals surface area contributed by atoms with Gasteiger partial charge >= 0.3 is 0 Å². The van der Waals surface area contributed by atoms with Crippen LogP contribution >= 0.6 is 0 Å². The van der Waals surface area contributed by atoms with E-state index in [0.29, 0.717) is 18.7 Å². The van der Waals surface area contributed by atoms with E-state index in [1.807, 2.05) is 48.5 Å². The molecule has 1 aromatic heterocycles. The van der Waals surface area contributed by atoms with Crippen molar-refractivity contribution >= 4 is 23.7 Å². The zero-order chi connectivity index (χ0) is 23.3. The predicted octanol–water partition coefficient (Wildman–Crippen LogP) is 5.33. The Labute approximate surface area is 197 Å². The lowest BCUT2D eigenvalue weighted by atomic mass is 10.1. The molecule has 0 saturated carbocycles. The van der Waals surface area contributed by atoms with Crippen molar-refractivity contribution in [3.8, 4) is 0 Å². The molecular formula is C28H34N4O. The van der Waals surface area contributed by atoms with Gasteiger partial charge in [0.25, 0.3) is 5.91 Å². The van der Waals surface area contributed by atoms with Crippen LogP contribution in [0, 0.1) is 0 Å². The van der Waals surface area contributed by atoms with Crippen LogP contribution < -0.4 is 10.6 Å². The Morgan fingerprint density at radius 2 is 1.79 bits per heavy atom. The second kappa shape index (κ2) is 13.2. The van der Waals surface area contributed by atoms with E-state index in [9.17, 15) is 4.79 Å². The highest BCUT2D eigenvalue weighted by molar-refractivity contribution is 5.94. The quantitative estimate of drug-likeness (QED) is 0.373. The molecule has 1 heterocycles. The third-order valence-electron chi connectivity index (χ3n) is 5.56. The first-order valence-corrected chi connectivity index (χ1v) is 11.7. The van der Waals surface area contributed by atoms with E-state index in [2.05, 4.69) is 64.7 Å². The summed E-state index contributed by atoms with van der Waals surface area (Å²) in [5.41, 5.74) is 4.87. The Bertz CT molecular complexity index is 1010. The summed E-state index contributed by atoms with van der Waals surface area (Å²) >= 11 is 0. The fourth-order valence-corrected chi connectivity index (χ4v) is 3.54. The van der Waals surface area contributed by atoms with E-state index in [0.717, 1.165) is 48.6 Å². The summed E-state index contributed by atoms with van der Waals surface area (Å²) in [6, 6.07) is 21.9. The number of carbonyl (C=O) groups excluding carboxylic acids is 1. The van der Waals surface area contributed by atoms with E-state index >= 15 is 0 Å². The van der Waals surface area contributed by atoms with E-state index in [-0.39, 0.29) is 5.91 Å². The van der Waals surface area contributed by atoms with Gasteiger partial charge in [-0.15, -0.1) is 0 Å². The fourth-order valence-electron chi connectivity index (χ4n) is 3.54. The summed E-state index contributed by atoms with van der Waals surface area (Å²) in [6.07, 6.45) is 6.80. The van der Waals surface area contributed by atoms with Crippen LogP contribution in [0.1, 0.15) is 47.4 Å². The number of pyridine rings is 1. The molecule has 1 amide bonds. The van der Waals surface area contributed by atoms with E-state index in [1.165, 1.54) is 0 Å². The van der Waals surface area contributed by atoms with Crippen LogP contribution in [0.3, 0.4) is 0 Å². The van der Waals surface area contributed by atoms with Crippen LogP contribution in [-0.2, 0) is 6.54 Å². The van der Waals surface area contributed by atoms with Crippen LogP contribution in [0.4, 0.5) is 5.69 Å². The predicted molar refractivity (Wildman–Crippen MR) is 138 cm³/mol. The van der Waals surface area contributed by atoms with Gasteiger partial charge in [-0.05, 0) is 79.7 Å². The molecule has 0 unspecified atom stereocenters. The normalized spacial score (nSPS) is 11.1. The summed E-state index contributed by atoms with van der Waals surface area (Å²) in [5, 5.41) is 6.47. The lowest BCUT2D eigenvalue weighted by Crippen LogP contribution is -2.29. The topological polar surface area (TPSA) is 57.3 Å². The van der Waals surface area contributed by atoms with Gasteiger partial charge in [-0.2, -0.15) is 0 Å². The molecule has 2 aromatic carbocycles. The first-order chi connectivity index (χ1) is 16.2. The van der Waals surface area contributed by atoms with Gasteiger partial charge in [-0.1, -0.05) is 50.3 Å². The van der Waals surface area contributed by atoms with E-state index in [1.54, 1.807) is 6.20 Å². The lowest BCUT2D eigenvalue weighted by Gasteiger charge is -2.17. The Kier molecular flexibility index (Phi) is 9.67. The number of benzene rings is 2. The number of rotatable bonds is 12. The molecule has 33 heavy (non-hydrogen) atoms. The Morgan fingerprint density at radius 1 is 0.970 bits per heavy atom. The molecule has 0 bridgehead atoms. The van der Waals surface area contributed by atoms with Gasteiger partial charge in [0.15, 0.2) is 0 Å². The van der Waals surface area contributed by atoms with Crippen molar-refractivity contribution in [2.24, 2.45) is 0 Å². The van der Waals surface area contributed by atoms with Crippen molar-refractivity contribution in [1.82, 2.24) is 15.2 Å². The molecular weight excluding hydrogens is 408 g/mol. The number of hydrogen-bond donors (Lipinski definition) is 2. The van der Waals surface area contributed by atoms with Gasteiger partial charge in [0.05, 0.1) is 5.69 Å². The molecule has 3 rings (SSSR count). The molecule has 0 aliphatic rings. The molecule has 2 N–H and O–H groups in total. The van der Waals surface area contributed by atoms with Crippen LogP contribution in [0.15, 0.2) is 72.9 Å². The van der Waals surface area contributed by atoms with Gasteiger partial charge in [0.1, 0.15) is 0 Å². The maximum absolute atomic E-state index is 12.5. The maximum Gasteiger partial charge on any atom is 0.251 e. The highest BCUT2D eigenvalue weighted by atomic mass is 16.1. The van der Waals surface area contributed by atoms with Crippen molar-refractivity contribution in [2.45, 2.75) is 26.8 Å². The summed E-state index contributed by atoms with van der Waals surface area (Å²) in [5.74, 6) is -0.0135. The number of nitrogens with one attached hydrogen (secondary N) is 2. The average molecular weight is 443 g/mol. The summed E-state index contributed by atoms with van der Waals surface area (Å²) in [7, 11) is 0. The maximum atomic E-state index is 12.5. The molecule has 0 aliphatic carbocycles. The summed E-state index contributed by atoms with van der Waals surface area (Å²) in [6.45, 7) is 8.78. The Hall–Kier alpha value is -3.44. The Morgan fingerprint density at radius 3 is 2.52 bits per heavy atom. The minimum Gasteiger partial charge on any atom is -0.381 e. The van der Waals surface area contributed by atoms with Crippen LogP contribution in [0.5, 0.6) is 0 Å². The van der Waals surface area contributed by atoms with Gasteiger partial charge in [0.2, 0.25) is 0 Å². The van der Waals surface area contributed by atoms with Crippen LogP contribution in [0.2, 0.25) is 0 Å². The highest BCUT2D eigenvalue weighted by Crippen LogP contribution is 2.14. The molecule has 172 valence electrons. The molecule has 0 atom stereocenters. The number of aromatic nitrogens is 1. The van der Waals surface area contributed by atoms with Crippen molar-refractivity contribution in [3.63, 3.8) is 0 Å². The van der Waals surface area contributed by atoms with Crippen molar-refractivity contribution < 1.29 is 4.79 Å². The van der Waals surface area contributed by atoms with Gasteiger partial charge in [0, 0.05) is 30.5 Å². The molecule has 0 aliphatic heterocycles. The second-order valence-electron chi connectivity index (χ2n) is 7.90. The largest absolute Gasteiger partial charge is 0.381 e. The molecule has 0 radical (unpaired) electrons. The Balaban J connectivity index is 1.47. The van der Waals surface area contributed by atoms with Gasteiger partial charge < -0.3 is 15.5 Å². The number of anilines is 1. The molecule has 0 spiro atoms. The smallest absolute Gasteiger partial charge is 0.251 e. The van der Waals surface area contributed by atoms with Gasteiger partial charge in [-0.25, -0.2) is 0 Å². The zero-order valence-corrected chi connectivity index (χ0v) is 19.6. The van der Waals surface area contributed by atoms with E-state index in [4.69, 9.17) is 0 Å². The highest BCUT2D eigenvalue weighted by Gasteiger charge is 2.06. The van der Waals surface area contributed by atoms with E-state index < -0.39 is 0 Å². The number of hydrogen-bond acceptors (Lipinski definition) is 4. The molecule has 0 saturated heterocycles. The minimum absolute atomic E-state index is 0.0135. The van der Waals surface area contributed by atoms with Crippen LogP contribution in [-0.4, -0.2) is 42.0 Å². The molecule has 3 aromatic rings. The number of nitrogens with zero attached hydrogens (tertiary/aromatic N) is 2. The molecule has 5 heteroatoms. The average Bonchev–Trinajstić information content (AvgIpc) is 2.87. The first-order valence-electron chi connectivity index (χ1n) is 11.7. The standard InChI is InChI=1S/C28H34N4O/c1-3-32(4-2)20-8-19-30-28(33)25-10-7-9-24(21-25)22-31-27-16-13-23(14-17-27)12-15-26-11-5-6-18-29-26/h5-7,9-18,21,31H,3-4,8,19-20,22H2,1-2H3,(H,30,33)/b15-12+. The second-order valence-corrected chi connectivity index (χ2v) is 7.90. The third kappa shape index (κ3) is 8.20. The number of amides is 1. The third-order valence-corrected chi connectivity index (χ3v) is 5.56. The van der Waals surface area contributed by atoms with Crippen molar-refractivity contribution in [2.75, 3.05) is 31.5 Å². The molecule has 5 nitrogen and oxygen atoms in total. The first kappa shape index (κ1) is 24.2. The van der Waals surface area contributed by atoms with Gasteiger partial charge in [-0.3, -0.25) is 9.78 Å². The minimum atomic E-state index is -0.0135. The van der Waals surface area contributed by atoms with Crippen molar-refractivity contribution in [3.05, 3.63) is 95.3 Å². The SMILES string of the molecule is CCN(CC)CCCNC(=O)c1cccc(CNc2ccc(/C=C/c3ccccn3)cc2)c1. The zero-order valence-electron chi connectivity index (χ0n) is 19.6. The van der Waals surface area contributed by atoms with Crippen molar-refractivity contribution in [1.29, 1.82) is 0 Å². The fraction of sp³-hybridized carbons (Fsp3) is 0.286. The lowest BCUT2D eigenvalue weighted by molar-refractivity contribution is 0.0951. The summed E-state index contributed by atoms with van der Waals surface area (Å²) in [4.78, 5) is 19.2. The number of carbonyl (C=O) groups is 1. The monoisotopic (exact) mass is 442 g/mol.